The molecular weight excluding hydrogens is 179 g/mol. The van der Waals surface area contributed by atoms with Crippen molar-refractivity contribution in [3.8, 4) is 0 Å². The van der Waals surface area contributed by atoms with E-state index in [2.05, 4.69) is 27.9 Å². The molecule has 2 aromatic rings. The monoisotopic (exact) mass is 188 g/mol. The molecule has 2 aromatic carbocycles. The van der Waals surface area contributed by atoms with Gasteiger partial charge in [-0.2, -0.15) is 0 Å². The molecule has 0 aliphatic rings. The zero-order chi connectivity index (χ0) is 10.5. The van der Waals surface area contributed by atoms with Crippen molar-refractivity contribution in [3.63, 3.8) is 0 Å². The van der Waals surface area contributed by atoms with Crippen molar-refractivity contribution in [1.29, 1.82) is 0 Å². The zero-order valence-corrected chi connectivity index (χ0v) is 8.59. The van der Waals surface area contributed by atoms with E-state index < -0.39 is 0 Å². The van der Waals surface area contributed by atoms with Crippen LogP contribution in [0, 0.1) is 0 Å². The number of hydrogen-bond acceptors (Lipinski definition) is 2. The second kappa shape index (κ2) is 4.93. The molecule has 0 saturated heterocycles. The van der Waals surface area contributed by atoms with Crippen molar-refractivity contribution in [2.75, 3.05) is 0 Å². The van der Waals surface area contributed by atoms with Gasteiger partial charge in [-0.05, 0) is 0 Å². The van der Waals surface area contributed by atoms with E-state index in [1.165, 1.54) is 4.24 Å². The van der Waals surface area contributed by atoms with Gasteiger partial charge in [0.15, 0.2) is 0 Å². The Kier molecular flexibility index (Phi) is 3.34. The van der Waals surface area contributed by atoms with Gasteiger partial charge in [0.25, 0.3) is 0 Å². The molecule has 2 nitrogen and oxygen atoms in total. The minimum atomic E-state index is 0.873. The fourth-order valence-corrected chi connectivity index (χ4v) is 1.22. The van der Waals surface area contributed by atoms with Crippen LogP contribution in [-0.4, -0.2) is 17.7 Å². The third-order valence-corrected chi connectivity index (χ3v) is 2.07. The summed E-state index contributed by atoms with van der Waals surface area (Å²) >= 11 is 2.05. The fourth-order valence-electron chi connectivity index (χ4n) is 1.22. The number of hydrogen-bond donors (Lipinski definition) is 0. The average molecular weight is 188 g/mol. The van der Waals surface area contributed by atoms with Gasteiger partial charge in [0.05, 0.1) is 0 Å². The van der Waals surface area contributed by atoms with Gasteiger partial charge < -0.3 is 0 Å². The first kappa shape index (κ1) is 10.2. The van der Waals surface area contributed by atoms with Crippen molar-refractivity contribution in [3.05, 3.63) is 54.6 Å². The summed E-state index contributed by atoms with van der Waals surface area (Å²) in [5.74, 6) is 0. The summed E-state index contributed by atoms with van der Waals surface area (Å²) in [6, 6.07) is 17.7. The maximum absolute atomic E-state index is 4.14. The summed E-state index contributed by atoms with van der Waals surface area (Å²) in [5.41, 5.74) is 1.75. The molecule has 0 aliphatic carbocycles. The Hall–Kier alpha value is -1.36. The first-order valence-electron chi connectivity index (χ1n) is 4.88. The van der Waals surface area contributed by atoms with Gasteiger partial charge in [-0.3, -0.25) is 0 Å². The molecule has 15 heavy (non-hydrogen) atoms. The molecule has 0 spiro atoms. The number of azo groups is 1. The molecule has 0 amide bonds. The Morgan fingerprint density at radius 1 is 0.667 bits per heavy atom. The minimum absolute atomic E-state index is 0.873. The third-order valence-electron chi connectivity index (χ3n) is 2.07. The number of rotatable bonds is 2. The van der Waals surface area contributed by atoms with Crippen LogP contribution in [0.1, 0.15) is 0 Å². The van der Waals surface area contributed by atoms with Crippen LogP contribution in [0.15, 0.2) is 64.8 Å². The Bertz CT molecular complexity index is 449. The van der Waals surface area contributed by atoms with E-state index in [0.717, 1.165) is 11.4 Å². The van der Waals surface area contributed by atoms with Crippen LogP contribution in [0.5, 0.6) is 0 Å². The van der Waals surface area contributed by atoms with Crippen molar-refractivity contribution >= 4 is 33.3 Å². The Morgan fingerprint density at radius 2 is 1.20 bits per heavy atom. The van der Waals surface area contributed by atoms with E-state index in [0.29, 0.717) is 0 Å². The fraction of sp³-hybridized carbons (Fsp3) is 0. The van der Waals surface area contributed by atoms with Crippen molar-refractivity contribution < 1.29 is 0 Å². The quantitative estimate of drug-likeness (QED) is 0.511. The van der Waals surface area contributed by atoms with Crippen LogP contribution in [0.25, 0.3) is 0 Å². The number of benzene rings is 2. The molecule has 0 radical (unpaired) electrons. The van der Waals surface area contributed by atoms with Gasteiger partial charge in [-0.15, -0.1) is 0 Å². The van der Waals surface area contributed by atoms with Crippen LogP contribution >= 0.6 is 0 Å². The van der Waals surface area contributed by atoms with E-state index in [9.17, 15) is 0 Å². The van der Waals surface area contributed by atoms with Gasteiger partial charge >= 0.3 is 98.2 Å². The second-order valence-corrected chi connectivity index (χ2v) is 3.37. The van der Waals surface area contributed by atoms with E-state index in [-0.39, 0.29) is 0 Å². The van der Waals surface area contributed by atoms with Crippen LogP contribution in [0.3, 0.4) is 0 Å². The van der Waals surface area contributed by atoms with Gasteiger partial charge in [-0.25, -0.2) is 0 Å². The molecule has 2 rings (SSSR count). The normalized spacial score (nSPS) is 10.8. The molecule has 3 heteroatoms. The van der Waals surface area contributed by atoms with E-state index in [1.54, 1.807) is 0 Å². The van der Waals surface area contributed by atoms with Crippen molar-refractivity contribution in [1.82, 2.24) is 0 Å². The molecule has 0 unspecified atom stereocenters. The summed E-state index contributed by atoms with van der Waals surface area (Å²) in [7, 11) is 0. The van der Waals surface area contributed by atoms with Crippen LogP contribution in [-0.2, 0) is 0 Å². The Morgan fingerprint density at radius 3 is 1.80 bits per heavy atom. The third kappa shape index (κ3) is 3.05. The van der Waals surface area contributed by atoms with E-state index in [4.69, 9.17) is 0 Å². The molecule has 0 N–H and O–H groups in total. The van der Waals surface area contributed by atoms with Gasteiger partial charge in [0, 0.05) is 0 Å². The Balaban J connectivity index is 2.15. The summed E-state index contributed by atoms with van der Waals surface area (Å²) in [6.07, 6.45) is 0. The van der Waals surface area contributed by atoms with Crippen molar-refractivity contribution in [2.45, 2.75) is 0 Å². The Labute approximate surface area is 98.3 Å². The standard InChI is InChI=1S/C12H9N2.Li/c1-3-7-11(8-4-1)13-14-12-9-5-2-6-10-12;/h1,3-10H;/b14-13+;. The summed E-state index contributed by atoms with van der Waals surface area (Å²) in [5, 5.41) is 8.27. The van der Waals surface area contributed by atoms with Gasteiger partial charge in [-0.1, -0.05) is 0 Å². The molecule has 0 heterocycles. The first-order chi connectivity index (χ1) is 7.34. The first-order valence-corrected chi connectivity index (χ1v) is 4.88. The predicted octanol–water partition coefficient (Wildman–Crippen LogP) is 2.90. The molecule has 0 aromatic heterocycles. The molecule has 0 bridgehead atoms. The summed E-state index contributed by atoms with van der Waals surface area (Å²) in [6.45, 7) is 0. The maximum atomic E-state index is 4.14. The molecule has 0 aliphatic heterocycles. The van der Waals surface area contributed by atoms with Crippen LogP contribution < -0.4 is 4.24 Å². The van der Waals surface area contributed by atoms with Crippen LogP contribution in [0.2, 0.25) is 0 Å². The molecule has 0 fully saturated rings. The summed E-state index contributed by atoms with van der Waals surface area (Å²) in [4.78, 5) is 0. The molecule has 68 valence electrons. The molecule has 0 saturated carbocycles. The van der Waals surface area contributed by atoms with Crippen molar-refractivity contribution in [2.24, 2.45) is 10.2 Å². The summed E-state index contributed by atoms with van der Waals surface area (Å²) < 4.78 is 1.23. The van der Waals surface area contributed by atoms with Gasteiger partial charge in [0.1, 0.15) is 0 Å². The average Bonchev–Trinajstić information content (AvgIpc) is 2.30. The predicted molar refractivity (Wildman–Crippen MR) is 62.4 cm³/mol. The SMILES string of the molecule is [Li][c]1ccc(/N=N/c2ccccc2)cc1. The molecule has 0 atom stereocenters. The number of nitrogens with zero attached hydrogens (tertiary/aromatic N) is 2. The van der Waals surface area contributed by atoms with E-state index in [1.807, 2.05) is 54.6 Å². The van der Waals surface area contributed by atoms with Crippen LogP contribution in [0.4, 0.5) is 11.4 Å². The van der Waals surface area contributed by atoms with Gasteiger partial charge in [0.2, 0.25) is 0 Å². The van der Waals surface area contributed by atoms with E-state index >= 15 is 0 Å². The second-order valence-electron chi connectivity index (χ2n) is 3.37. The topological polar surface area (TPSA) is 24.7 Å². The zero-order valence-electron chi connectivity index (χ0n) is 8.59. The molecular formula is C12H9LiN2.